The van der Waals surface area contributed by atoms with Crippen molar-refractivity contribution in [2.75, 3.05) is 0 Å². The fourth-order valence-corrected chi connectivity index (χ4v) is 0.497. The average molecular weight is 176 g/mol. The number of hydrogen-bond donors (Lipinski definition) is 1. The smallest absolute Gasteiger partial charge is 0.250 e. The van der Waals surface area contributed by atoms with Crippen LogP contribution in [0.2, 0.25) is 0 Å². The molecule has 0 saturated carbocycles. The van der Waals surface area contributed by atoms with Gasteiger partial charge in [0, 0.05) is 0 Å². The summed E-state index contributed by atoms with van der Waals surface area (Å²) in [5.41, 5.74) is 0. The molecule has 0 aliphatic rings. The predicted molar refractivity (Wildman–Crippen MR) is 37.5 cm³/mol. The zero-order chi connectivity index (χ0) is 8.85. The van der Waals surface area contributed by atoms with E-state index in [9.17, 15) is 13.6 Å². The quantitative estimate of drug-likeness (QED) is 0.358. The number of amides is 1. The lowest BCUT2D eigenvalue weighted by Gasteiger charge is -2.08. The van der Waals surface area contributed by atoms with E-state index in [0.29, 0.717) is 0 Å². The van der Waals surface area contributed by atoms with Crippen LogP contribution < -0.4 is 5.32 Å². The van der Waals surface area contributed by atoms with Gasteiger partial charge in [-0.1, -0.05) is 6.58 Å². The van der Waals surface area contributed by atoms with Gasteiger partial charge in [0.15, 0.2) is 0 Å². The predicted octanol–water partition coefficient (Wildman–Crippen LogP) is -0.429. The molecule has 1 N–H and O–H groups in total. The first kappa shape index (κ1) is 9.86. The van der Waals surface area contributed by atoms with Gasteiger partial charge in [-0.15, -0.1) is 0 Å². The standard InChI is InChI=1S/C5H7NO4S/c1-3-5(7)6-4(2)10-11(8)9/h3H,1-2H2,(H,6,7)(H,8,9)/p-1. The summed E-state index contributed by atoms with van der Waals surface area (Å²) in [4.78, 5) is 10.4. The van der Waals surface area contributed by atoms with Gasteiger partial charge in [0.25, 0.3) is 0 Å². The van der Waals surface area contributed by atoms with E-state index in [2.05, 4.69) is 17.3 Å². The molecule has 1 atom stereocenters. The molecule has 1 unspecified atom stereocenters. The molecule has 5 nitrogen and oxygen atoms in total. The maximum absolute atomic E-state index is 10.4. The molecule has 0 aromatic carbocycles. The van der Waals surface area contributed by atoms with Crippen LogP contribution in [-0.4, -0.2) is 14.7 Å². The van der Waals surface area contributed by atoms with Crippen molar-refractivity contribution in [3.05, 3.63) is 25.1 Å². The van der Waals surface area contributed by atoms with Gasteiger partial charge in [-0.25, -0.2) is 4.21 Å². The third-order valence-electron chi connectivity index (χ3n) is 0.617. The molecule has 0 aromatic rings. The molecular formula is C5H6NO4S-. The molecule has 1 amide bonds. The van der Waals surface area contributed by atoms with Crippen molar-refractivity contribution < 1.29 is 17.7 Å². The van der Waals surface area contributed by atoms with Gasteiger partial charge in [0.1, 0.15) is 11.4 Å². The topological polar surface area (TPSA) is 78.5 Å². The van der Waals surface area contributed by atoms with Gasteiger partial charge in [-0.3, -0.25) is 10.1 Å². The third-order valence-corrected chi connectivity index (χ3v) is 0.954. The molecular weight excluding hydrogens is 170 g/mol. The lowest BCUT2D eigenvalue weighted by Crippen LogP contribution is -2.21. The van der Waals surface area contributed by atoms with E-state index in [1.54, 1.807) is 0 Å². The Morgan fingerprint density at radius 2 is 2.27 bits per heavy atom. The summed E-state index contributed by atoms with van der Waals surface area (Å²) in [6.07, 6.45) is 0.961. The Balaban J connectivity index is 3.78. The van der Waals surface area contributed by atoms with Crippen molar-refractivity contribution in [3.63, 3.8) is 0 Å². The van der Waals surface area contributed by atoms with Gasteiger partial charge in [-0.05, 0) is 12.7 Å². The number of carbonyl (C=O) groups excluding carboxylic acids is 1. The molecule has 62 valence electrons. The molecule has 0 heterocycles. The van der Waals surface area contributed by atoms with Crippen LogP contribution in [0.1, 0.15) is 0 Å². The molecule has 0 saturated heterocycles. The summed E-state index contributed by atoms with van der Waals surface area (Å²) in [5.74, 6) is -0.941. The molecule has 0 aliphatic carbocycles. The Morgan fingerprint density at radius 3 is 2.64 bits per heavy atom. The van der Waals surface area contributed by atoms with Gasteiger partial charge < -0.3 is 8.74 Å². The normalized spacial score (nSPS) is 11.4. The molecule has 0 aromatic heterocycles. The van der Waals surface area contributed by atoms with Crippen LogP contribution in [0.25, 0.3) is 0 Å². The first-order chi connectivity index (χ1) is 5.06. The van der Waals surface area contributed by atoms with Gasteiger partial charge in [0.05, 0.1) is 0 Å². The SMILES string of the molecule is C=CC(=O)NC(=C)OS(=O)[O-]. The second-order valence-electron chi connectivity index (χ2n) is 1.40. The van der Waals surface area contributed by atoms with E-state index in [1.807, 2.05) is 5.32 Å². The average Bonchev–Trinajstić information content (AvgIpc) is 1.85. The molecule has 0 spiro atoms. The maximum atomic E-state index is 10.4. The molecule has 6 heteroatoms. The summed E-state index contributed by atoms with van der Waals surface area (Å²) in [6, 6.07) is 0. The summed E-state index contributed by atoms with van der Waals surface area (Å²) in [7, 11) is 0. The molecule has 0 rings (SSSR count). The minimum atomic E-state index is -2.71. The van der Waals surface area contributed by atoms with Crippen LogP contribution in [-0.2, 0) is 20.3 Å². The highest BCUT2D eigenvalue weighted by atomic mass is 32.2. The minimum Gasteiger partial charge on any atom is -0.740 e. The van der Waals surface area contributed by atoms with Crippen molar-refractivity contribution in [2.45, 2.75) is 0 Å². The van der Waals surface area contributed by atoms with Gasteiger partial charge in [-0.2, -0.15) is 0 Å². The van der Waals surface area contributed by atoms with Gasteiger partial charge >= 0.3 is 0 Å². The highest BCUT2D eigenvalue weighted by molar-refractivity contribution is 7.74. The number of nitrogens with one attached hydrogen (secondary N) is 1. The number of hydrogen-bond acceptors (Lipinski definition) is 4. The van der Waals surface area contributed by atoms with Crippen molar-refractivity contribution >= 4 is 17.3 Å². The highest BCUT2D eigenvalue weighted by Crippen LogP contribution is 1.89. The zero-order valence-electron chi connectivity index (χ0n) is 5.53. The fraction of sp³-hybridized carbons (Fsp3) is 0. The second-order valence-corrected chi connectivity index (χ2v) is 1.98. The first-order valence-corrected chi connectivity index (χ1v) is 3.46. The van der Waals surface area contributed by atoms with Crippen LogP contribution in [0.15, 0.2) is 25.1 Å². The molecule has 0 bridgehead atoms. The molecule has 0 radical (unpaired) electrons. The summed E-state index contributed by atoms with van der Waals surface area (Å²) >= 11 is -2.71. The van der Waals surface area contributed by atoms with E-state index >= 15 is 0 Å². The van der Waals surface area contributed by atoms with E-state index in [4.69, 9.17) is 0 Å². The van der Waals surface area contributed by atoms with Crippen LogP contribution >= 0.6 is 0 Å². The van der Waals surface area contributed by atoms with Crippen LogP contribution in [0.3, 0.4) is 0 Å². The summed E-state index contributed by atoms with van der Waals surface area (Å²) in [6.45, 7) is 6.22. The Hall–Kier alpha value is -1.14. The molecule has 11 heavy (non-hydrogen) atoms. The Labute approximate surface area is 66.2 Å². The van der Waals surface area contributed by atoms with E-state index < -0.39 is 17.3 Å². The number of rotatable bonds is 4. The maximum Gasteiger partial charge on any atom is 0.250 e. The largest absolute Gasteiger partial charge is 0.740 e. The Bertz CT molecular complexity index is 213. The monoisotopic (exact) mass is 176 g/mol. The summed E-state index contributed by atoms with van der Waals surface area (Å²) < 4.78 is 23.6. The second kappa shape index (κ2) is 4.64. The first-order valence-electron chi connectivity index (χ1n) is 2.46. The molecule has 0 aliphatic heterocycles. The fourth-order valence-electron chi connectivity index (χ4n) is 0.291. The van der Waals surface area contributed by atoms with Crippen LogP contribution in [0, 0.1) is 0 Å². The highest BCUT2D eigenvalue weighted by Gasteiger charge is 1.97. The van der Waals surface area contributed by atoms with E-state index in [0.717, 1.165) is 6.08 Å². The zero-order valence-corrected chi connectivity index (χ0v) is 6.35. The lowest BCUT2D eigenvalue weighted by molar-refractivity contribution is -0.116. The van der Waals surface area contributed by atoms with Gasteiger partial charge in [0.2, 0.25) is 11.8 Å². The lowest BCUT2D eigenvalue weighted by atomic mass is 10.6. The number of carbonyl (C=O) groups is 1. The third kappa shape index (κ3) is 5.31. The van der Waals surface area contributed by atoms with Crippen LogP contribution in [0.5, 0.6) is 0 Å². The van der Waals surface area contributed by atoms with Crippen molar-refractivity contribution in [1.82, 2.24) is 5.32 Å². The molecule has 0 fully saturated rings. The van der Waals surface area contributed by atoms with Crippen molar-refractivity contribution in [3.8, 4) is 0 Å². The van der Waals surface area contributed by atoms with E-state index in [-0.39, 0.29) is 5.88 Å². The van der Waals surface area contributed by atoms with Crippen molar-refractivity contribution in [1.29, 1.82) is 0 Å². The van der Waals surface area contributed by atoms with Crippen LogP contribution in [0.4, 0.5) is 0 Å². The Kier molecular flexibility index (Phi) is 4.16. The van der Waals surface area contributed by atoms with Crippen molar-refractivity contribution in [2.24, 2.45) is 0 Å². The van der Waals surface area contributed by atoms with E-state index in [1.165, 1.54) is 0 Å². The summed E-state index contributed by atoms with van der Waals surface area (Å²) in [5, 5.41) is 1.99. The Morgan fingerprint density at radius 1 is 1.73 bits per heavy atom. The minimum absolute atomic E-state index is 0.358.